The number of amides is 4. The van der Waals surface area contributed by atoms with Gasteiger partial charge in [0.05, 0.1) is 30.5 Å². The number of rotatable bonds is 12. The molecule has 6 heterocycles. The number of halogens is 2. The van der Waals surface area contributed by atoms with Crippen LogP contribution in [0.25, 0.3) is 10.9 Å². The molecule has 342 valence electrons. The Labute approximate surface area is 380 Å². The Kier molecular flexibility index (Phi) is 12.0. The molecule has 3 saturated heterocycles. The van der Waals surface area contributed by atoms with Crippen LogP contribution in [-0.4, -0.2) is 112 Å². The summed E-state index contributed by atoms with van der Waals surface area (Å²) in [5.41, 5.74) is 2.58. The number of hydrogen-bond acceptors (Lipinski definition) is 12. The lowest BCUT2D eigenvalue weighted by molar-refractivity contribution is -0.137. The molecule has 2 aliphatic carbocycles. The van der Waals surface area contributed by atoms with E-state index in [-0.39, 0.29) is 85.0 Å². The van der Waals surface area contributed by atoms with Gasteiger partial charge in [-0.15, -0.1) is 0 Å². The van der Waals surface area contributed by atoms with E-state index in [1.165, 1.54) is 11.9 Å². The number of likely N-dealkylation sites (tertiary alicyclic amines) is 1. The predicted octanol–water partition coefficient (Wildman–Crippen LogP) is 5.33. The average molecular weight is 910 g/mol. The fraction of sp³-hybridized carbons (Fsp3) is 0.511. The van der Waals surface area contributed by atoms with E-state index in [1.54, 1.807) is 29.0 Å². The van der Waals surface area contributed by atoms with Crippen LogP contribution in [0.2, 0.25) is 5.02 Å². The molecule has 2 aromatic carbocycles. The van der Waals surface area contributed by atoms with Gasteiger partial charge in [0.15, 0.2) is 18.2 Å². The van der Waals surface area contributed by atoms with E-state index in [2.05, 4.69) is 30.7 Å². The second-order valence-electron chi connectivity index (χ2n) is 18.3. The van der Waals surface area contributed by atoms with Crippen molar-refractivity contribution in [1.82, 2.24) is 35.0 Å². The monoisotopic (exact) mass is 909 g/mol. The van der Waals surface area contributed by atoms with Gasteiger partial charge in [-0.1, -0.05) is 17.7 Å². The van der Waals surface area contributed by atoms with E-state index in [0.29, 0.717) is 39.5 Å². The van der Waals surface area contributed by atoms with Gasteiger partial charge >= 0.3 is 0 Å². The molecule has 0 radical (unpaired) electrons. The largest absolute Gasteiger partial charge is 0.478 e. The zero-order valence-electron chi connectivity index (χ0n) is 36.3. The Morgan fingerprint density at radius 3 is 2.45 bits per heavy atom. The molecule has 0 spiro atoms. The van der Waals surface area contributed by atoms with Gasteiger partial charge in [0.1, 0.15) is 16.9 Å². The van der Waals surface area contributed by atoms with Crippen LogP contribution in [0, 0.1) is 5.82 Å². The Morgan fingerprint density at radius 2 is 1.72 bits per heavy atom. The molecule has 1 atom stereocenters. The molecule has 6 aliphatic rings. The van der Waals surface area contributed by atoms with Gasteiger partial charge in [-0.3, -0.25) is 29.3 Å². The highest BCUT2D eigenvalue weighted by molar-refractivity contribution is 6.33. The fourth-order valence-electron chi connectivity index (χ4n) is 10.4. The molecule has 2 aromatic heterocycles. The molecule has 3 N–H and O–H groups in total. The second kappa shape index (κ2) is 18.0. The molecule has 10 rings (SSSR count). The van der Waals surface area contributed by atoms with Gasteiger partial charge < -0.3 is 39.4 Å². The summed E-state index contributed by atoms with van der Waals surface area (Å²) >= 11 is 6.62. The van der Waals surface area contributed by atoms with Crippen LogP contribution in [0.3, 0.4) is 0 Å². The van der Waals surface area contributed by atoms with Crippen molar-refractivity contribution in [2.45, 2.75) is 113 Å². The van der Waals surface area contributed by atoms with Crippen molar-refractivity contribution in [3.05, 3.63) is 80.5 Å². The molecule has 4 amide bonds. The van der Waals surface area contributed by atoms with Crippen molar-refractivity contribution in [3.63, 3.8) is 0 Å². The summed E-state index contributed by atoms with van der Waals surface area (Å²) in [7, 11) is 1.52. The number of imide groups is 1. The van der Waals surface area contributed by atoms with E-state index in [0.717, 1.165) is 101 Å². The molecule has 4 aromatic rings. The molecule has 1 unspecified atom stereocenters. The standard InChI is InChI=1S/C47H53ClFN9O7/c1-50-41(60)25-64-39-20-27-19-28(5-8-37(27)58(46(39)63)29-3-2-4-29)52-43-36(48)23-51-47(54-43)56-17-13-31(14-18-56)65-32-21-30(22-32)55-15-11-26(12-16-55)33-6-7-34-35(42(33)49)24-57(45(34)62)38-9-10-40(59)53-44(38)61/h5-8,19-20,23,26,29-32,38H,2-4,9-18,21-22,24-25H2,1H3,(H,50,60)(H,51,52,54)(H,53,59,61). The minimum Gasteiger partial charge on any atom is -0.478 e. The Bertz CT molecular complexity index is 2600. The summed E-state index contributed by atoms with van der Waals surface area (Å²) in [6.45, 7) is 3.01. The van der Waals surface area contributed by atoms with Crippen LogP contribution in [-0.2, 0) is 25.7 Å². The maximum Gasteiger partial charge on any atom is 0.293 e. The molecule has 18 heteroatoms. The number of aromatic nitrogens is 3. The first-order valence-electron chi connectivity index (χ1n) is 22.9. The summed E-state index contributed by atoms with van der Waals surface area (Å²) < 4.78 is 30.1. The Morgan fingerprint density at radius 1 is 0.938 bits per heavy atom. The van der Waals surface area contributed by atoms with Gasteiger partial charge in [0.25, 0.3) is 17.4 Å². The topological polar surface area (TPSA) is 180 Å². The molecule has 65 heavy (non-hydrogen) atoms. The van der Waals surface area contributed by atoms with Gasteiger partial charge in [-0.25, -0.2) is 9.37 Å². The SMILES string of the molecule is CNC(=O)COc1cc2cc(Nc3nc(N4CCC(OC5CC(N6CCC(c7ccc8c(c7F)CN(C7CCC(=O)NC7=O)C8=O)CC6)C5)CC4)ncc3Cl)ccc2n(C2CCC2)c1=O. The highest BCUT2D eigenvalue weighted by Gasteiger charge is 2.42. The molecular formula is C47H53ClFN9O7. The van der Waals surface area contributed by atoms with Crippen molar-refractivity contribution in [2.75, 3.05) is 50.1 Å². The molecule has 4 aliphatic heterocycles. The maximum absolute atomic E-state index is 16.0. The quantitative estimate of drug-likeness (QED) is 0.156. The average Bonchev–Trinajstić information content (AvgIpc) is 3.61. The van der Waals surface area contributed by atoms with Crippen molar-refractivity contribution >= 4 is 63.6 Å². The van der Waals surface area contributed by atoms with E-state index >= 15 is 4.39 Å². The summed E-state index contributed by atoms with van der Waals surface area (Å²) in [6, 6.07) is 10.6. The van der Waals surface area contributed by atoms with Gasteiger partial charge in [0.2, 0.25) is 17.8 Å². The smallest absolute Gasteiger partial charge is 0.293 e. The minimum atomic E-state index is -0.768. The van der Waals surface area contributed by atoms with Crippen molar-refractivity contribution in [1.29, 1.82) is 0 Å². The highest BCUT2D eigenvalue weighted by Crippen LogP contribution is 2.40. The third-order valence-electron chi connectivity index (χ3n) is 14.4. The third kappa shape index (κ3) is 8.53. The normalized spacial score (nSPS) is 23.2. The summed E-state index contributed by atoms with van der Waals surface area (Å²) in [5, 5.41) is 9.34. The lowest BCUT2D eigenvalue weighted by atomic mass is 9.83. The van der Waals surface area contributed by atoms with Gasteiger partial charge in [-0.05, 0) is 119 Å². The zero-order valence-corrected chi connectivity index (χ0v) is 37.1. The lowest BCUT2D eigenvalue weighted by Gasteiger charge is -2.47. The zero-order chi connectivity index (χ0) is 44.9. The number of piperidine rings is 3. The number of nitrogens with one attached hydrogen (secondary N) is 3. The van der Waals surface area contributed by atoms with Crippen LogP contribution in [0.15, 0.2) is 47.4 Å². The van der Waals surface area contributed by atoms with Crippen molar-refractivity contribution < 1.29 is 33.0 Å². The number of anilines is 3. The van der Waals surface area contributed by atoms with E-state index in [1.807, 2.05) is 18.2 Å². The first kappa shape index (κ1) is 43.3. The molecule has 16 nitrogen and oxygen atoms in total. The van der Waals surface area contributed by atoms with E-state index in [4.69, 9.17) is 26.1 Å². The molecular weight excluding hydrogens is 857 g/mol. The van der Waals surface area contributed by atoms with E-state index < -0.39 is 11.9 Å². The van der Waals surface area contributed by atoms with Gasteiger partial charge in [-0.2, -0.15) is 4.98 Å². The maximum atomic E-state index is 16.0. The number of carbonyl (C=O) groups excluding carboxylic acids is 4. The number of pyridine rings is 1. The number of likely N-dealkylation sites (N-methyl/N-ethyl adjacent to an activating group) is 1. The first-order chi connectivity index (χ1) is 31.5. The molecule has 5 fully saturated rings. The van der Waals surface area contributed by atoms with Crippen LogP contribution in [0.4, 0.5) is 21.8 Å². The molecule has 2 saturated carbocycles. The minimum absolute atomic E-state index is 0.0393. The summed E-state index contributed by atoms with van der Waals surface area (Å²) in [4.78, 5) is 78.1. The number of ether oxygens (including phenoxy) is 2. The van der Waals surface area contributed by atoms with Gasteiger partial charge in [0, 0.05) is 60.8 Å². The van der Waals surface area contributed by atoms with Crippen LogP contribution < -0.4 is 31.1 Å². The van der Waals surface area contributed by atoms with Crippen molar-refractivity contribution in [2.24, 2.45) is 0 Å². The van der Waals surface area contributed by atoms with Crippen molar-refractivity contribution in [3.8, 4) is 5.75 Å². The predicted molar refractivity (Wildman–Crippen MR) is 240 cm³/mol. The Balaban J connectivity index is 0.699. The Hall–Kier alpha value is -5.65. The fourth-order valence-corrected chi connectivity index (χ4v) is 10.5. The van der Waals surface area contributed by atoms with E-state index in [9.17, 15) is 24.0 Å². The number of fused-ring (bicyclic) bond motifs is 2. The summed E-state index contributed by atoms with van der Waals surface area (Å²) in [5.74, 6) is -0.639. The lowest BCUT2D eigenvalue weighted by Crippen LogP contribution is -2.52. The molecule has 0 bridgehead atoms. The van der Waals surface area contributed by atoms with Crippen LogP contribution >= 0.6 is 11.6 Å². The highest BCUT2D eigenvalue weighted by atomic mass is 35.5. The van der Waals surface area contributed by atoms with Crippen LogP contribution in [0.1, 0.15) is 104 Å². The number of nitrogens with zero attached hydrogens (tertiary/aromatic N) is 6. The first-order valence-corrected chi connectivity index (χ1v) is 23.3. The number of carbonyl (C=O) groups is 4. The third-order valence-corrected chi connectivity index (χ3v) is 14.7. The summed E-state index contributed by atoms with van der Waals surface area (Å²) in [6.07, 6.45) is 10.5. The second-order valence-corrected chi connectivity index (χ2v) is 18.7. The number of benzene rings is 2. The number of hydrogen-bond donors (Lipinski definition) is 3. The van der Waals surface area contributed by atoms with Crippen LogP contribution in [0.5, 0.6) is 5.75 Å².